The maximum atomic E-state index is 8.67. The van der Waals surface area contributed by atoms with Gasteiger partial charge in [-0.3, -0.25) is 0 Å². The molecule has 0 atom stereocenters. The van der Waals surface area contributed by atoms with Crippen LogP contribution in [0.3, 0.4) is 0 Å². The number of hydrogen-bond acceptors (Lipinski definition) is 3. The Bertz CT molecular complexity index is 322. The van der Waals surface area contributed by atoms with Gasteiger partial charge < -0.3 is 14.6 Å². The highest BCUT2D eigenvalue weighted by atomic mass is 16.5. The number of unbranched alkanes of at least 4 members (excludes halogenated alkanes) is 4. The van der Waals surface area contributed by atoms with Gasteiger partial charge in [0, 0.05) is 13.2 Å². The molecule has 0 aliphatic heterocycles. The monoisotopic (exact) mass is 280 g/mol. The molecule has 1 N–H and O–H groups in total. The maximum Gasteiger partial charge on any atom is 0.119 e. The van der Waals surface area contributed by atoms with Gasteiger partial charge in [-0.1, -0.05) is 38.3 Å². The van der Waals surface area contributed by atoms with Gasteiger partial charge in [0.1, 0.15) is 5.75 Å². The lowest BCUT2D eigenvalue weighted by molar-refractivity contribution is 0.116. The van der Waals surface area contributed by atoms with E-state index >= 15 is 0 Å². The Morgan fingerprint density at radius 1 is 0.900 bits per heavy atom. The second-order valence-electron chi connectivity index (χ2n) is 5.04. The zero-order valence-electron chi connectivity index (χ0n) is 12.6. The van der Waals surface area contributed by atoms with Crippen LogP contribution in [0, 0.1) is 0 Å². The zero-order chi connectivity index (χ0) is 14.5. The second-order valence-corrected chi connectivity index (χ2v) is 5.04. The predicted octanol–water partition coefficient (Wildman–Crippen LogP) is 3.93. The van der Waals surface area contributed by atoms with Crippen molar-refractivity contribution in [1.29, 1.82) is 0 Å². The van der Waals surface area contributed by atoms with Crippen LogP contribution in [-0.2, 0) is 11.3 Å². The first-order chi connectivity index (χ1) is 9.86. The van der Waals surface area contributed by atoms with E-state index in [-0.39, 0.29) is 0 Å². The minimum atomic E-state index is 0.299. The first-order valence-corrected chi connectivity index (χ1v) is 7.77. The fraction of sp³-hybridized carbons (Fsp3) is 0.647. The normalized spacial score (nSPS) is 10.7. The highest BCUT2D eigenvalue weighted by Crippen LogP contribution is 2.13. The number of aliphatic hydroxyl groups is 1. The van der Waals surface area contributed by atoms with Gasteiger partial charge in [-0.25, -0.2) is 0 Å². The zero-order valence-corrected chi connectivity index (χ0v) is 12.6. The molecular weight excluding hydrogens is 252 g/mol. The van der Waals surface area contributed by atoms with Gasteiger partial charge in [-0.2, -0.15) is 0 Å². The SMILES string of the molecule is CCCCOc1ccc(COCCCCCCO)cc1. The summed E-state index contributed by atoms with van der Waals surface area (Å²) in [5.74, 6) is 0.936. The molecule has 0 aliphatic rings. The summed E-state index contributed by atoms with van der Waals surface area (Å²) < 4.78 is 11.3. The summed E-state index contributed by atoms with van der Waals surface area (Å²) >= 11 is 0. The largest absolute Gasteiger partial charge is 0.494 e. The summed E-state index contributed by atoms with van der Waals surface area (Å²) in [6.07, 6.45) is 6.44. The van der Waals surface area contributed by atoms with E-state index in [2.05, 4.69) is 19.1 Å². The van der Waals surface area contributed by atoms with Crippen molar-refractivity contribution >= 4 is 0 Å². The minimum Gasteiger partial charge on any atom is -0.494 e. The average Bonchev–Trinajstić information content (AvgIpc) is 2.48. The fourth-order valence-corrected chi connectivity index (χ4v) is 1.88. The fourth-order valence-electron chi connectivity index (χ4n) is 1.88. The third kappa shape index (κ3) is 8.18. The van der Waals surface area contributed by atoms with Crippen LogP contribution >= 0.6 is 0 Å². The van der Waals surface area contributed by atoms with Crippen molar-refractivity contribution in [2.45, 2.75) is 52.1 Å². The lowest BCUT2D eigenvalue weighted by Gasteiger charge is -2.07. The van der Waals surface area contributed by atoms with Gasteiger partial charge in [0.2, 0.25) is 0 Å². The van der Waals surface area contributed by atoms with Gasteiger partial charge in [0.15, 0.2) is 0 Å². The molecule has 0 fully saturated rings. The lowest BCUT2D eigenvalue weighted by Crippen LogP contribution is -1.98. The van der Waals surface area contributed by atoms with Gasteiger partial charge in [-0.05, 0) is 37.0 Å². The second kappa shape index (κ2) is 11.7. The van der Waals surface area contributed by atoms with E-state index in [0.717, 1.165) is 57.5 Å². The molecule has 1 aromatic rings. The first kappa shape index (κ1) is 17.0. The molecule has 0 spiro atoms. The summed E-state index contributed by atoms with van der Waals surface area (Å²) in [6.45, 7) is 4.71. The molecule has 0 amide bonds. The van der Waals surface area contributed by atoms with E-state index in [1.165, 1.54) is 5.56 Å². The number of aliphatic hydroxyl groups excluding tert-OH is 1. The molecule has 114 valence electrons. The summed E-state index contributed by atoms with van der Waals surface area (Å²) in [5.41, 5.74) is 1.18. The molecule has 1 aromatic carbocycles. The Balaban J connectivity index is 2.08. The number of rotatable bonds is 12. The van der Waals surface area contributed by atoms with Crippen LogP contribution in [0.4, 0.5) is 0 Å². The van der Waals surface area contributed by atoms with Crippen molar-refractivity contribution in [2.24, 2.45) is 0 Å². The van der Waals surface area contributed by atoms with Crippen molar-refractivity contribution in [3.05, 3.63) is 29.8 Å². The summed E-state index contributed by atoms with van der Waals surface area (Å²) in [4.78, 5) is 0. The van der Waals surface area contributed by atoms with Gasteiger partial charge in [0.25, 0.3) is 0 Å². The topological polar surface area (TPSA) is 38.7 Å². The van der Waals surface area contributed by atoms with E-state index < -0.39 is 0 Å². The number of hydrogen-bond donors (Lipinski definition) is 1. The lowest BCUT2D eigenvalue weighted by atomic mass is 10.2. The van der Waals surface area contributed by atoms with Crippen LogP contribution in [0.5, 0.6) is 5.75 Å². The van der Waals surface area contributed by atoms with Crippen LogP contribution < -0.4 is 4.74 Å². The van der Waals surface area contributed by atoms with Crippen LogP contribution in [0.2, 0.25) is 0 Å². The smallest absolute Gasteiger partial charge is 0.119 e. The highest BCUT2D eigenvalue weighted by Gasteiger charge is 1.96. The van der Waals surface area contributed by atoms with E-state index in [1.54, 1.807) is 0 Å². The quantitative estimate of drug-likeness (QED) is 0.589. The number of benzene rings is 1. The summed E-state index contributed by atoms with van der Waals surface area (Å²) in [5, 5.41) is 8.67. The molecule has 3 heteroatoms. The molecule has 0 bridgehead atoms. The molecule has 1 rings (SSSR count). The molecule has 0 aliphatic carbocycles. The molecule has 20 heavy (non-hydrogen) atoms. The van der Waals surface area contributed by atoms with Gasteiger partial charge in [-0.15, -0.1) is 0 Å². The molecular formula is C17H28O3. The predicted molar refractivity (Wildman–Crippen MR) is 82.1 cm³/mol. The third-order valence-corrected chi connectivity index (χ3v) is 3.16. The van der Waals surface area contributed by atoms with Crippen molar-refractivity contribution in [1.82, 2.24) is 0 Å². The van der Waals surface area contributed by atoms with E-state index in [4.69, 9.17) is 14.6 Å². The van der Waals surface area contributed by atoms with E-state index in [0.29, 0.717) is 13.2 Å². The Morgan fingerprint density at radius 2 is 1.65 bits per heavy atom. The Labute approximate surface area is 122 Å². The van der Waals surface area contributed by atoms with Crippen molar-refractivity contribution < 1.29 is 14.6 Å². The average molecular weight is 280 g/mol. The minimum absolute atomic E-state index is 0.299. The van der Waals surface area contributed by atoms with Gasteiger partial charge >= 0.3 is 0 Å². The standard InChI is InChI=1S/C17H28O3/c1-2-3-14-20-17-10-8-16(9-11-17)15-19-13-7-5-4-6-12-18/h8-11,18H,2-7,12-15H2,1H3. The van der Waals surface area contributed by atoms with Crippen LogP contribution in [0.1, 0.15) is 51.0 Å². The first-order valence-electron chi connectivity index (χ1n) is 7.77. The van der Waals surface area contributed by atoms with Crippen LogP contribution in [-0.4, -0.2) is 24.9 Å². The summed E-state index contributed by atoms with van der Waals surface area (Å²) in [6, 6.07) is 8.14. The van der Waals surface area contributed by atoms with Crippen molar-refractivity contribution in [3.8, 4) is 5.75 Å². The Hall–Kier alpha value is -1.06. The van der Waals surface area contributed by atoms with E-state index in [9.17, 15) is 0 Å². The molecule has 0 heterocycles. The molecule has 3 nitrogen and oxygen atoms in total. The Morgan fingerprint density at radius 3 is 2.35 bits per heavy atom. The number of ether oxygens (including phenoxy) is 2. The Kier molecular flexibility index (Phi) is 9.98. The van der Waals surface area contributed by atoms with Crippen molar-refractivity contribution in [3.63, 3.8) is 0 Å². The molecule has 0 radical (unpaired) electrons. The van der Waals surface area contributed by atoms with Crippen LogP contribution in [0.15, 0.2) is 24.3 Å². The van der Waals surface area contributed by atoms with Gasteiger partial charge in [0.05, 0.1) is 13.2 Å². The van der Waals surface area contributed by atoms with Crippen LogP contribution in [0.25, 0.3) is 0 Å². The molecule has 0 saturated carbocycles. The third-order valence-electron chi connectivity index (χ3n) is 3.16. The molecule has 0 aromatic heterocycles. The maximum absolute atomic E-state index is 8.67. The molecule has 0 unspecified atom stereocenters. The summed E-state index contributed by atoms with van der Waals surface area (Å²) in [7, 11) is 0. The van der Waals surface area contributed by atoms with Crippen molar-refractivity contribution in [2.75, 3.05) is 19.8 Å². The highest BCUT2D eigenvalue weighted by molar-refractivity contribution is 5.26. The molecule has 0 saturated heterocycles. The van der Waals surface area contributed by atoms with E-state index in [1.807, 2.05) is 12.1 Å².